The fourth-order valence-electron chi connectivity index (χ4n) is 2.69. The van der Waals surface area contributed by atoms with E-state index >= 15 is 0 Å². The minimum atomic E-state index is -1.07. The Morgan fingerprint density at radius 1 is 1.29 bits per heavy atom. The molecule has 0 fully saturated rings. The van der Waals surface area contributed by atoms with Gasteiger partial charge in [-0.15, -0.1) is 24.0 Å². The SMILES string of the molecule is CCNC(=NCC(C)(O)c1cnn(C)c1)NCCc1ccccc1OCC.I. The Labute approximate surface area is 184 Å². The van der Waals surface area contributed by atoms with Crippen LogP contribution in [0.4, 0.5) is 0 Å². The van der Waals surface area contributed by atoms with Gasteiger partial charge in [0, 0.05) is 31.9 Å². The molecular formula is C20H32IN5O2. The van der Waals surface area contributed by atoms with Crippen LogP contribution in [-0.4, -0.2) is 47.1 Å². The van der Waals surface area contributed by atoms with Gasteiger partial charge in [-0.3, -0.25) is 4.68 Å². The number of aliphatic hydroxyl groups is 1. The van der Waals surface area contributed by atoms with Gasteiger partial charge in [0.25, 0.3) is 0 Å². The second-order valence-corrected chi connectivity index (χ2v) is 6.59. The van der Waals surface area contributed by atoms with Crippen LogP contribution >= 0.6 is 24.0 Å². The average molecular weight is 501 g/mol. The normalized spacial score (nSPS) is 13.4. The number of guanidine groups is 1. The van der Waals surface area contributed by atoms with E-state index in [1.807, 2.05) is 39.1 Å². The van der Waals surface area contributed by atoms with Crippen LogP contribution in [0.3, 0.4) is 0 Å². The van der Waals surface area contributed by atoms with Crippen LogP contribution in [-0.2, 0) is 19.1 Å². The van der Waals surface area contributed by atoms with Crippen molar-refractivity contribution in [2.45, 2.75) is 32.8 Å². The Bertz CT molecular complexity index is 746. The highest BCUT2D eigenvalue weighted by molar-refractivity contribution is 14.0. The van der Waals surface area contributed by atoms with E-state index < -0.39 is 5.60 Å². The number of ether oxygens (including phenoxy) is 1. The number of benzene rings is 1. The fraction of sp³-hybridized carbons (Fsp3) is 0.500. The highest BCUT2D eigenvalue weighted by atomic mass is 127. The van der Waals surface area contributed by atoms with Crippen molar-refractivity contribution >= 4 is 29.9 Å². The summed E-state index contributed by atoms with van der Waals surface area (Å²) in [6.07, 6.45) is 4.29. The van der Waals surface area contributed by atoms with E-state index in [4.69, 9.17) is 4.74 Å². The van der Waals surface area contributed by atoms with Gasteiger partial charge in [-0.05, 0) is 38.8 Å². The zero-order chi connectivity index (χ0) is 19.7. The molecule has 156 valence electrons. The molecule has 2 rings (SSSR count). The molecule has 0 radical (unpaired) electrons. The number of nitrogens with zero attached hydrogens (tertiary/aromatic N) is 3. The predicted molar refractivity (Wildman–Crippen MR) is 123 cm³/mol. The lowest BCUT2D eigenvalue weighted by molar-refractivity contribution is 0.0672. The summed E-state index contributed by atoms with van der Waals surface area (Å²) in [5.74, 6) is 1.60. The van der Waals surface area contributed by atoms with E-state index in [0.29, 0.717) is 19.1 Å². The number of aryl methyl sites for hydroxylation is 1. The van der Waals surface area contributed by atoms with Crippen molar-refractivity contribution in [1.29, 1.82) is 0 Å². The molecule has 3 N–H and O–H groups in total. The van der Waals surface area contributed by atoms with Gasteiger partial charge in [-0.1, -0.05) is 18.2 Å². The molecule has 1 atom stereocenters. The standard InChI is InChI=1S/C20H31N5O2.HI/c1-5-21-19(23-15-20(3,26)17-13-24-25(4)14-17)22-12-11-16-9-7-8-10-18(16)27-6-2;/h7-10,13-14,26H,5-6,11-12,15H2,1-4H3,(H2,21,22,23);1H. The third-order valence-corrected chi connectivity index (χ3v) is 4.18. The Balaban J connectivity index is 0.00000392. The molecule has 8 heteroatoms. The number of para-hydroxylation sites is 1. The van der Waals surface area contributed by atoms with E-state index in [0.717, 1.165) is 29.8 Å². The third kappa shape index (κ3) is 7.31. The zero-order valence-electron chi connectivity index (χ0n) is 17.1. The first-order chi connectivity index (χ1) is 13.0. The molecule has 1 aromatic heterocycles. The molecular weight excluding hydrogens is 469 g/mol. The summed E-state index contributed by atoms with van der Waals surface area (Å²) in [5.41, 5.74) is 0.832. The van der Waals surface area contributed by atoms with Crippen LogP contribution in [0, 0.1) is 0 Å². The maximum atomic E-state index is 10.7. The smallest absolute Gasteiger partial charge is 0.191 e. The van der Waals surface area contributed by atoms with Crippen LogP contribution in [0.25, 0.3) is 0 Å². The van der Waals surface area contributed by atoms with Crippen LogP contribution in [0.15, 0.2) is 41.7 Å². The van der Waals surface area contributed by atoms with E-state index in [-0.39, 0.29) is 30.5 Å². The van der Waals surface area contributed by atoms with Gasteiger partial charge < -0.3 is 20.5 Å². The number of aromatic nitrogens is 2. The van der Waals surface area contributed by atoms with Crippen molar-refractivity contribution in [2.75, 3.05) is 26.2 Å². The molecule has 1 heterocycles. The lowest BCUT2D eigenvalue weighted by atomic mass is 10.0. The fourth-order valence-corrected chi connectivity index (χ4v) is 2.69. The van der Waals surface area contributed by atoms with E-state index in [2.05, 4.69) is 26.8 Å². The summed E-state index contributed by atoms with van der Waals surface area (Å²) in [7, 11) is 1.83. The molecule has 0 bridgehead atoms. The molecule has 0 spiro atoms. The van der Waals surface area contributed by atoms with E-state index in [9.17, 15) is 5.11 Å². The molecule has 0 amide bonds. The van der Waals surface area contributed by atoms with Crippen LogP contribution in [0.5, 0.6) is 5.75 Å². The molecule has 0 aliphatic carbocycles. The number of hydrogen-bond acceptors (Lipinski definition) is 4. The highest BCUT2D eigenvalue weighted by Crippen LogP contribution is 2.20. The Kier molecular flexibility index (Phi) is 10.3. The van der Waals surface area contributed by atoms with Gasteiger partial charge in [-0.25, -0.2) is 4.99 Å². The van der Waals surface area contributed by atoms with Gasteiger partial charge in [0.2, 0.25) is 0 Å². The molecule has 0 aliphatic rings. The maximum Gasteiger partial charge on any atom is 0.191 e. The van der Waals surface area contributed by atoms with E-state index in [1.54, 1.807) is 24.0 Å². The lowest BCUT2D eigenvalue weighted by Crippen LogP contribution is -2.39. The largest absolute Gasteiger partial charge is 0.494 e. The number of aliphatic imine (C=N–C) groups is 1. The first-order valence-corrected chi connectivity index (χ1v) is 9.40. The van der Waals surface area contributed by atoms with Gasteiger partial charge in [0.05, 0.1) is 19.3 Å². The Morgan fingerprint density at radius 3 is 2.68 bits per heavy atom. The summed E-state index contributed by atoms with van der Waals surface area (Å²) in [6, 6.07) is 8.06. The number of rotatable bonds is 9. The highest BCUT2D eigenvalue weighted by Gasteiger charge is 2.24. The monoisotopic (exact) mass is 501 g/mol. The second-order valence-electron chi connectivity index (χ2n) is 6.59. The molecule has 0 aliphatic heterocycles. The van der Waals surface area contributed by atoms with Crippen molar-refractivity contribution in [3.63, 3.8) is 0 Å². The van der Waals surface area contributed by atoms with Gasteiger partial charge >= 0.3 is 0 Å². The number of hydrogen-bond donors (Lipinski definition) is 3. The summed E-state index contributed by atoms with van der Waals surface area (Å²) < 4.78 is 7.34. The van der Waals surface area contributed by atoms with Crippen molar-refractivity contribution in [3.8, 4) is 5.75 Å². The van der Waals surface area contributed by atoms with Gasteiger partial charge in [0.15, 0.2) is 5.96 Å². The first-order valence-electron chi connectivity index (χ1n) is 9.40. The summed E-state index contributed by atoms with van der Waals surface area (Å²) >= 11 is 0. The molecule has 2 aromatic rings. The topological polar surface area (TPSA) is 83.7 Å². The second kappa shape index (κ2) is 11.9. The minimum Gasteiger partial charge on any atom is -0.494 e. The summed E-state index contributed by atoms with van der Waals surface area (Å²) in [5, 5.41) is 21.3. The predicted octanol–water partition coefficient (Wildman–Crippen LogP) is 2.44. The summed E-state index contributed by atoms with van der Waals surface area (Å²) in [6.45, 7) is 8.10. The molecule has 0 saturated heterocycles. The van der Waals surface area contributed by atoms with Crippen molar-refractivity contribution < 1.29 is 9.84 Å². The minimum absolute atomic E-state index is 0. The molecule has 7 nitrogen and oxygen atoms in total. The van der Waals surface area contributed by atoms with Crippen molar-refractivity contribution in [2.24, 2.45) is 12.0 Å². The molecule has 0 saturated carbocycles. The Morgan fingerprint density at radius 2 is 2.04 bits per heavy atom. The van der Waals surface area contributed by atoms with Gasteiger partial charge in [-0.2, -0.15) is 5.10 Å². The van der Waals surface area contributed by atoms with Gasteiger partial charge in [0.1, 0.15) is 11.4 Å². The molecule has 1 aromatic carbocycles. The van der Waals surface area contributed by atoms with Crippen molar-refractivity contribution in [3.05, 3.63) is 47.8 Å². The Hall–Kier alpha value is -1.81. The van der Waals surface area contributed by atoms with Crippen molar-refractivity contribution in [1.82, 2.24) is 20.4 Å². The third-order valence-electron chi connectivity index (χ3n) is 4.18. The maximum absolute atomic E-state index is 10.7. The lowest BCUT2D eigenvalue weighted by Gasteiger charge is -2.20. The average Bonchev–Trinajstić information content (AvgIpc) is 3.09. The van der Waals surface area contributed by atoms with Crippen LogP contribution in [0.1, 0.15) is 31.9 Å². The van der Waals surface area contributed by atoms with Crippen LogP contribution in [0.2, 0.25) is 0 Å². The molecule has 28 heavy (non-hydrogen) atoms. The number of nitrogens with one attached hydrogen (secondary N) is 2. The zero-order valence-corrected chi connectivity index (χ0v) is 19.4. The quantitative estimate of drug-likeness (QED) is 0.279. The first kappa shape index (κ1) is 24.2. The van der Waals surface area contributed by atoms with Crippen LogP contribution < -0.4 is 15.4 Å². The van der Waals surface area contributed by atoms with E-state index in [1.165, 1.54) is 0 Å². The number of halogens is 1. The summed E-state index contributed by atoms with van der Waals surface area (Å²) in [4.78, 5) is 4.54. The molecule has 1 unspecified atom stereocenters.